The first-order valence-corrected chi connectivity index (χ1v) is 6.99. The number of rotatable bonds is 3. The highest BCUT2D eigenvalue weighted by molar-refractivity contribution is 9.10. The summed E-state index contributed by atoms with van der Waals surface area (Å²) in [6.45, 7) is 2.12. The third-order valence-corrected chi connectivity index (χ3v) is 4.16. The van der Waals surface area contributed by atoms with Crippen LogP contribution in [-0.2, 0) is 0 Å². The molecule has 1 aromatic rings. The largest absolute Gasteiger partial charge is 0.496 e. The molecule has 0 saturated heterocycles. The lowest BCUT2D eigenvalue weighted by molar-refractivity contribution is 0.0908. The Morgan fingerprint density at radius 1 is 1.39 bits per heavy atom. The van der Waals surface area contributed by atoms with Gasteiger partial charge in [0.15, 0.2) is 0 Å². The third kappa shape index (κ3) is 2.86. The Morgan fingerprint density at radius 3 is 2.61 bits per heavy atom. The minimum absolute atomic E-state index is 0.0113. The Balaban J connectivity index is 2.11. The summed E-state index contributed by atoms with van der Waals surface area (Å²) in [6.07, 6.45) is 4.53. The lowest BCUT2D eigenvalue weighted by atomic mass is 10.00. The number of carbonyl (C=O) groups is 1. The molecule has 98 valence electrons. The minimum Gasteiger partial charge on any atom is -0.496 e. The molecule has 1 amide bonds. The highest BCUT2D eigenvalue weighted by Gasteiger charge is 2.30. The Labute approximate surface area is 116 Å². The monoisotopic (exact) mass is 311 g/mol. The summed E-state index contributed by atoms with van der Waals surface area (Å²) in [5, 5.41) is 3.14. The van der Waals surface area contributed by atoms with Gasteiger partial charge in [-0.15, -0.1) is 0 Å². The lowest BCUT2D eigenvalue weighted by Gasteiger charge is -2.25. The minimum atomic E-state index is -0.0382. The van der Waals surface area contributed by atoms with E-state index >= 15 is 0 Å². The smallest absolute Gasteiger partial charge is 0.251 e. The van der Waals surface area contributed by atoms with E-state index in [0.29, 0.717) is 5.56 Å². The summed E-state index contributed by atoms with van der Waals surface area (Å²) in [5.74, 6) is 0.724. The first-order valence-electron chi connectivity index (χ1n) is 6.20. The van der Waals surface area contributed by atoms with Crippen molar-refractivity contribution in [1.29, 1.82) is 0 Å². The van der Waals surface area contributed by atoms with Gasteiger partial charge in [-0.25, -0.2) is 0 Å². The number of carbonyl (C=O) groups excluding carboxylic acids is 1. The standard InChI is InChI=1S/C14H18BrNO2/c1-14(7-3-4-8-14)16-13(17)10-5-6-12(18-2)11(15)9-10/h5-6,9H,3-4,7-8H2,1-2H3,(H,16,17). The summed E-state index contributed by atoms with van der Waals surface area (Å²) in [7, 11) is 1.61. The number of nitrogens with one attached hydrogen (secondary N) is 1. The van der Waals surface area contributed by atoms with Crippen molar-refractivity contribution in [3.05, 3.63) is 28.2 Å². The van der Waals surface area contributed by atoms with Crippen LogP contribution in [0.15, 0.2) is 22.7 Å². The van der Waals surface area contributed by atoms with Gasteiger partial charge in [0.2, 0.25) is 0 Å². The summed E-state index contributed by atoms with van der Waals surface area (Å²) in [6, 6.07) is 5.39. The fourth-order valence-electron chi connectivity index (χ4n) is 2.43. The van der Waals surface area contributed by atoms with Gasteiger partial charge in [0.1, 0.15) is 5.75 Å². The normalized spacial score (nSPS) is 17.5. The Hall–Kier alpha value is -1.03. The number of halogens is 1. The number of hydrogen-bond donors (Lipinski definition) is 1. The van der Waals surface area contributed by atoms with Crippen molar-refractivity contribution in [2.75, 3.05) is 7.11 Å². The van der Waals surface area contributed by atoms with E-state index in [0.717, 1.165) is 23.1 Å². The van der Waals surface area contributed by atoms with Gasteiger partial charge < -0.3 is 10.1 Å². The average Bonchev–Trinajstić information content (AvgIpc) is 2.75. The van der Waals surface area contributed by atoms with Gasteiger partial charge in [-0.05, 0) is 53.9 Å². The molecule has 18 heavy (non-hydrogen) atoms. The van der Waals surface area contributed by atoms with Crippen LogP contribution in [0.3, 0.4) is 0 Å². The Morgan fingerprint density at radius 2 is 2.06 bits per heavy atom. The van der Waals surface area contributed by atoms with E-state index in [1.807, 2.05) is 0 Å². The molecular formula is C14H18BrNO2. The predicted molar refractivity (Wildman–Crippen MR) is 75.0 cm³/mol. The molecular weight excluding hydrogens is 294 g/mol. The molecule has 0 unspecified atom stereocenters. The fourth-order valence-corrected chi connectivity index (χ4v) is 2.97. The molecule has 0 aromatic heterocycles. The summed E-state index contributed by atoms with van der Waals surface area (Å²) in [5.41, 5.74) is 0.625. The first kappa shape index (κ1) is 13.4. The van der Waals surface area contributed by atoms with E-state index in [1.165, 1.54) is 12.8 Å². The van der Waals surface area contributed by atoms with Crippen molar-refractivity contribution in [2.45, 2.75) is 38.1 Å². The third-order valence-electron chi connectivity index (χ3n) is 3.54. The average molecular weight is 312 g/mol. The molecule has 1 aliphatic carbocycles. The molecule has 0 heterocycles. The number of ether oxygens (including phenoxy) is 1. The van der Waals surface area contributed by atoms with Crippen LogP contribution >= 0.6 is 15.9 Å². The number of methoxy groups -OCH3 is 1. The van der Waals surface area contributed by atoms with Gasteiger partial charge in [-0.2, -0.15) is 0 Å². The topological polar surface area (TPSA) is 38.3 Å². The summed E-state index contributed by atoms with van der Waals surface area (Å²) in [4.78, 5) is 12.2. The SMILES string of the molecule is COc1ccc(C(=O)NC2(C)CCCC2)cc1Br. The van der Waals surface area contributed by atoms with E-state index in [1.54, 1.807) is 25.3 Å². The number of benzene rings is 1. The molecule has 0 atom stereocenters. The Kier molecular flexibility index (Phi) is 3.95. The van der Waals surface area contributed by atoms with Crippen LogP contribution in [0.4, 0.5) is 0 Å². The van der Waals surface area contributed by atoms with Crippen molar-refractivity contribution in [3.8, 4) is 5.75 Å². The molecule has 0 spiro atoms. The van der Waals surface area contributed by atoms with E-state index in [2.05, 4.69) is 28.2 Å². The highest BCUT2D eigenvalue weighted by atomic mass is 79.9. The zero-order valence-corrected chi connectivity index (χ0v) is 12.3. The maximum absolute atomic E-state index is 12.2. The summed E-state index contributed by atoms with van der Waals surface area (Å²) < 4.78 is 5.95. The van der Waals surface area contributed by atoms with Crippen molar-refractivity contribution in [2.24, 2.45) is 0 Å². The van der Waals surface area contributed by atoms with Crippen LogP contribution in [0.5, 0.6) is 5.75 Å². The van der Waals surface area contributed by atoms with Gasteiger partial charge in [0.25, 0.3) is 5.91 Å². The van der Waals surface area contributed by atoms with Gasteiger partial charge in [-0.3, -0.25) is 4.79 Å². The predicted octanol–water partition coefficient (Wildman–Crippen LogP) is 3.52. The molecule has 3 nitrogen and oxygen atoms in total. The van der Waals surface area contributed by atoms with Crippen LogP contribution in [0.1, 0.15) is 43.0 Å². The molecule has 1 fully saturated rings. The van der Waals surface area contributed by atoms with Gasteiger partial charge >= 0.3 is 0 Å². The van der Waals surface area contributed by atoms with Crippen LogP contribution < -0.4 is 10.1 Å². The molecule has 0 radical (unpaired) electrons. The van der Waals surface area contributed by atoms with Crippen molar-refractivity contribution >= 4 is 21.8 Å². The molecule has 0 aliphatic heterocycles. The second-order valence-electron chi connectivity index (χ2n) is 5.07. The van der Waals surface area contributed by atoms with Gasteiger partial charge in [-0.1, -0.05) is 12.8 Å². The van der Waals surface area contributed by atoms with Crippen molar-refractivity contribution in [3.63, 3.8) is 0 Å². The van der Waals surface area contributed by atoms with E-state index in [9.17, 15) is 4.79 Å². The molecule has 2 rings (SSSR count). The van der Waals surface area contributed by atoms with Gasteiger partial charge in [0.05, 0.1) is 11.6 Å². The maximum Gasteiger partial charge on any atom is 0.251 e. The van der Waals surface area contributed by atoms with Crippen molar-refractivity contribution in [1.82, 2.24) is 5.32 Å². The Bertz CT molecular complexity index is 453. The quantitative estimate of drug-likeness (QED) is 0.927. The molecule has 1 N–H and O–H groups in total. The number of hydrogen-bond acceptors (Lipinski definition) is 2. The van der Waals surface area contributed by atoms with E-state index in [4.69, 9.17) is 4.74 Å². The highest BCUT2D eigenvalue weighted by Crippen LogP contribution is 2.30. The molecule has 1 aliphatic rings. The second-order valence-corrected chi connectivity index (χ2v) is 5.93. The molecule has 1 aromatic carbocycles. The first-order chi connectivity index (χ1) is 8.54. The lowest BCUT2D eigenvalue weighted by Crippen LogP contribution is -2.43. The van der Waals surface area contributed by atoms with Crippen LogP contribution in [0.25, 0.3) is 0 Å². The zero-order valence-electron chi connectivity index (χ0n) is 10.8. The summed E-state index contributed by atoms with van der Waals surface area (Å²) >= 11 is 3.40. The fraction of sp³-hybridized carbons (Fsp3) is 0.500. The van der Waals surface area contributed by atoms with Crippen molar-refractivity contribution < 1.29 is 9.53 Å². The second kappa shape index (κ2) is 5.31. The molecule has 0 bridgehead atoms. The van der Waals surface area contributed by atoms with Crippen LogP contribution in [-0.4, -0.2) is 18.6 Å². The molecule has 1 saturated carbocycles. The zero-order chi connectivity index (χ0) is 13.2. The van der Waals surface area contributed by atoms with Crippen LogP contribution in [0.2, 0.25) is 0 Å². The van der Waals surface area contributed by atoms with E-state index in [-0.39, 0.29) is 11.4 Å². The maximum atomic E-state index is 12.2. The van der Waals surface area contributed by atoms with E-state index < -0.39 is 0 Å². The van der Waals surface area contributed by atoms with Crippen LogP contribution in [0, 0.1) is 0 Å². The van der Waals surface area contributed by atoms with Gasteiger partial charge in [0, 0.05) is 11.1 Å². The number of amides is 1. The molecule has 4 heteroatoms.